The summed E-state index contributed by atoms with van der Waals surface area (Å²) >= 11 is 6.04. The molecule has 1 aliphatic rings. The van der Waals surface area contributed by atoms with Gasteiger partial charge in [-0.3, -0.25) is 9.78 Å². The Morgan fingerprint density at radius 1 is 1.14 bits per heavy atom. The molecule has 1 aliphatic heterocycles. The molecule has 4 aromatic rings. The van der Waals surface area contributed by atoms with Crippen molar-refractivity contribution < 1.29 is 9.18 Å². The number of hydrogen-bond donors (Lipinski definition) is 2. The molecule has 190 valence electrons. The number of likely N-dealkylation sites (tertiary alicyclic amines) is 1. The van der Waals surface area contributed by atoms with Crippen LogP contribution in [0, 0.1) is 11.7 Å². The summed E-state index contributed by atoms with van der Waals surface area (Å²) in [6.07, 6.45) is 6.61. The van der Waals surface area contributed by atoms with Crippen LogP contribution >= 0.6 is 11.6 Å². The molecule has 1 amide bonds. The Kier molecular flexibility index (Phi) is 7.58. The van der Waals surface area contributed by atoms with E-state index in [1.807, 2.05) is 12.1 Å². The molecular formula is C28H28ClFN6O. The quantitative estimate of drug-likeness (QED) is 0.327. The van der Waals surface area contributed by atoms with Gasteiger partial charge in [0, 0.05) is 40.0 Å². The predicted molar refractivity (Wildman–Crippen MR) is 145 cm³/mol. The summed E-state index contributed by atoms with van der Waals surface area (Å²) in [6, 6.07) is 13.3. The van der Waals surface area contributed by atoms with Gasteiger partial charge in [-0.2, -0.15) is 10.2 Å². The van der Waals surface area contributed by atoms with Gasteiger partial charge in [-0.05, 0) is 93.8 Å². The van der Waals surface area contributed by atoms with Crippen LogP contribution in [0.15, 0.2) is 60.9 Å². The fraction of sp³-hybridized carbons (Fsp3) is 0.286. The fourth-order valence-corrected chi connectivity index (χ4v) is 4.83. The number of carbonyl (C=O) groups excluding carboxylic acids is 1. The van der Waals surface area contributed by atoms with Gasteiger partial charge in [0.1, 0.15) is 5.82 Å². The molecule has 0 unspecified atom stereocenters. The van der Waals surface area contributed by atoms with Crippen LogP contribution in [-0.2, 0) is 0 Å². The van der Waals surface area contributed by atoms with Crippen LogP contribution in [0.2, 0.25) is 5.02 Å². The molecule has 1 fully saturated rings. The van der Waals surface area contributed by atoms with Crippen LogP contribution in [0.1, 0.15) is 29.6 Å². The van der Waals surface area contributed by atoms with E-state index in [2.05, 4.69) is 37.8 Å². The Morgan fingerprint density at radius 2 is 1.97 bits per heavy atom. The summed E-state index contributed by atoms with van der Waals surface area (Å²) in [5, 5.41) is 15.7. The zero-order valence-corrected chi connectivity index (χ0v) is 21.3. The minimum Gasteiger partial charge on any atom is -0.354 e. The van der Waals surface area contributed by atoms with Gasteiger partial charge >= 0.3 is 0 Å². The van der Waals surface area contributed by atoms with Crippen LogP contribution < -0.4 is 10.6 Å². The highest BCUT2D eigenvalue weighted by molar-refractivity contribution is 6.30. The number of aromatic nitrogens is 3. The smallest absolute Gasteiger partial charge is 0.251 e. The number of nitrogens with one attached hydrogen (secondary N) is 2. The van der Waals surface area contributed by atoms with Crippen LogP contribution in [0.25, 0.3) is 22.2 Å². The number of rotatable bonds is 7. The SMILES string of the molecule is CN1CCC(CCNC(=O)c2ccc3c(Nc4cnnc(-c5cc(Cl)ccc5F)c4)ccnc3c2)CC1. The van der Waals surface area contributed by atoms with Gasteiger partial charge in [0.15, 0.2) is 0 Å². The highest BCUT2D eigenvalue weighted by Crippen LogP contribution is 2.29. The number of nitrogens with zero attached hydrogens (tertiary/aromatic N) is 4. The average Bonchev–Trinajstić information content (AvgIpc) is 2.91. The van der Waals surface area contributed by atoms with Gasteiger partial charge in [-0.1, -0.05) is 11.6 Å². The summed E-state index contributed by atoms with van der Waals surface area (Å²) in [5.74, 6) is 0.144. The lowest BCUT2D eigenvalue weighted by atomic mass is 9.94. The van der Waals surface area contributed by atoms with Gasteiger partial charge in [-0.25, -0.2) is 4.39 Å². The lowest BCUT2D eigenvalue weighted by molar-refractivity contribution is 0.0949. The standard InChI is InChI=1S/C28H28ClFN6O/c1-36-12-8-18(9-13-36)6-10-32-28(37)19-2-4-22-25(7-11-31-26(22)14-19)34-21-16-27(35-33-17-21)23-15-20(29)3-5-24(23)30/h2-5,7,11,14-18H,6,8-10,12-13H2,1H3,(H,32,37)(H,31,34,35). The van der Waals surface area contributed by atoms with E-state index >= 15 is 0 Å². The number of fused-ring (bicyclic) bond motifs is 1. The zero-order valence-electron chi connectivity index (χ0n) is 20.5. The lowest BCUT2D eigenvalue weighted by Crippen LogP contribution is -2.32. The number of pyridine rings is 1. The third kappa shape index (κ3) is 6.03. The molecule has 2 aromatic heterocycles. The number of amides is 1. The van der Waals surface area contributed by atoms with Crippen LogP contribution in [0.4, 0.5) is 15.8 Å². The monoisotopic (exact) mass is 518 g/mol. The Morgan fingerprint density at radius 3 is 2.81 bits per heavy atom. The van der Waals surface area contributed by atoms with Crippen molar-refractivity contribution in [3.05, 3.63) is 77.3 Å². The number of hydrogen-bond acceptors (Lipinski definition) is 6. The van der Waals surface area contributed by atoms with Crippen molar-refractivity contribution in [1.82, 2.24) is 25.4 Å². The molecule has 0 bridgehead atoms. The van der Waals surface area contributed by atoms with E-state index in [1.165, 1.54) is 31.0 Å². The van der Waals surface area contributed by atoms with Gasteiger partial charge in [0.2, 0.25) is 0 Å². The largest absolute Gasteiger partial charge is 0.354 e. The first kappa shape index (κ1) is 25.0. The van der Waals surface area contributed by atoms with E-state index in [9.17, 15) is 9.18 Å². The molecular weight excluding hydrogens is 491 g/mol. The zero-order chi connectivity index (χ0) is 25.8. The van der Waals surface area contributed by atoms with E-state index in [4.69, 9.17) is 11.6 Å². The third-order valence-corrected chi connectivity index (χ3v) is 7.05. The van der Waals surface area contributed by atoms with Gasteiger partial charge in [-0.15, -0.1) is 0 Å². The number of halogens is 2. The minimum absolute atomic E-state index is 0.0958. The molecule has 5 rings (SSSR count). The van der Waals surface area contributed by atoms with Gasteiger partial charge in [0.05, 0.1) is 23.1 Å². The highest BCUT2D eigenvalue weighted by Gasteiger charge is 2.17. The lowest BCUT2D eigenvalue weighted by Gasteiger charge is -2.28. The molecule has 3 heterocycles. The maximum atomic E-state index is 14.3. The molecule has 2 N–H and O–H groups in total. The van der Waals surface area contributed by atoms with E-state index in [-0.39, 0.29) is 11.5 Å². The molecule has 2 aromatic carbocycles. The van der Waals surface area contributed by atoms with Crippen LogP contribution in [-0.4, -0.2) is 52.7 Å². The molecule has 37 heavy (non-hydrogen) atoms. The summed E-state index contributed by atoms with van der Waals surface area (Å²) in [5.41, 5.74) is 3.32. The average molecular weight is 519 g/mol. The van der Waals surface area contributed by atoms with Crippen molar-refractivity contribution in [3.63, 3.8) is 0 Å². The van der Waals surface area contributed by atoms with Gasteiger partial charge in [0.25, 0.3) is 5.91 Å². The second-order valence-electron chi connectivity index (χ2n) is 9.46. The van der Waals surface area contributed by atoms with Crippen molar-refractivity contribution >= 4 is 39.8 Å². The molecule has 0 atom stereocenters. The first-order chi connectivity index (χ1) is 18.0. The van der Waals surface area contributed by atoms with E-state index in [0.29, 0.717) is 39.9 Å². The van der Waals surface area contributed by atoms with Crippen LogP contribution in [0.5, 0.6) is 0 Å². The number of benzene rings is 2. The Balaban J connectivity index is 1.28. The van der Waals surface area contributed by atoms with Crippen molar-refractivity contribution in [2.24, 2.45) is 5.92 Å². The van der Waals surface area contributed by atoms with E-state index < -0.39 is 5.82 Å². The summed E-state index contributed by atoms with van der Waals surface area (Å²) in [6.45, 7) is 2.92. The molecule has 0 aliphatic carbocycles. The summed E-state index contributed by atoms with van der Waals surface area (Å²) < 4.78 is 14.3. The first-order valence-electron chi connectivity index (χ1n) is 12.4. The Bertz CT molecular complexity index is 1420. The second-order valence-corrected chi connectivity index (χ2v) is 9.90. The number of piperidine rings is 1. The van der Waals surface area contributed by atoms with Crippen LogP contribution in [0.3, 0.4) is 0 Å². The minimum atomic E-state index is -0.428. The third-order valence-electron chi connectivity index (χ3n) is 6.82. The van der Waals surface area contributed by atoms with E-state index in [1.54, 1.807) is 30.6 Å². The van der Waals surface area contributed by atoms with Crippen molar-refractivity contribution in [2.45, 2.75) is 19.3 Å². The second kappa shape index (κ2) is 11.2. The van der Waals surface area contributed by atoms with Crippen molar-refractivity contribution in [1.29, 1.82) is 0 Å². The topological polar surface area (TPSA) is 83.0 Å². The molecule has 0 spiro atoms. The maximum Gasteiger partial charge on any atom is 0.251 e. The van der Waals surface area contributed by atoms with E-state index in [0.717, 1.165) is 30.6 Å². The number of anilines is 2. The molecule has 0 radical (unpaired) electrons. The molecule has 1 saturated heterocycles. The van der Waals surface area contributed by atoms with Gasteiger partial charge < -0.3 is 15.5 Å². The number of carbonyl (C=O) groups is 1. The summed E-state index contributed by atoms with van der Waals surface area (Å²) in [7, 11) is 2.15. The molecule has 7 nitrogen and oxygen atoms in total. The molecule has 9 heteroatoms. The van der Waals surface area contributed by atoms with Crippen molar-refractivity contribution in [2.75, 3.05) is 32.0 Å². The Hall–Kier alpha value is -3.62. The maximum absolute atomic E-state index is 14.3. The normalized spacial score (nSPS) is 14.6. The van der Waals surface area contributed by atoms with Crippen molar-refractivity contribution in [3.8, 4) is 11.3 Å². The fourth-order valence-electron chi connectivity index (χ4n) is 4.66. The molecule has 0 saturated carbocycles. The Labute approximate surface area is 220 Å². The highest BCUT2D eigenvalue weighted by atomic mass is 35.5. The first-order valence-corrected chi connectivity index (χ1v) is 12.7. The predicted octanol–water partition coefficient (Wildman–Crippen LogP) is 5.69. The summed E-state index contributed by atoms with van der Waals surface area (Å²) in [4.78, 5) is 19.6.